The largest absolute Gasteiger partial charge is 0.494 e. The Morgan fingerprint density at radius 2 is 1.82 bits per heavy atom. The third kappa shape index (κ3) is 5.83. The van der Waals surface area contributed by atoms with Gasteiger partial charge in [0.05, 0.1) is 30.4 Å². The van der Waals surface area contributed by atoms with Crippen molar-refractivity contribution in [3.8, 4) is 11.8 Å². The second-order valence-electron chi connectivity index (χ2n) is 7.44. The topological polar surface area (TPSA) is 89.3 Å². The van der Waals surface area contributed by atoms with Crippen LogP contribution in [-0.2, 0) is 4.74 Å². The molecule has 2 aliphatic heterocycles. The van der Waals surface area contributed by atoms with Crippen molar-refractivity contribution in [1.82, 2.24) is 14.7 Å². The molecule has 0 radical (unpaired) electrons. The average molecular weight is 388 g/mol. The summed E-state index contributed by atoms with van der Waals surface area (Å²) < 4.78 is 11.8. The first kappa shape index (κ1) is 20.4. The molecule has 1 aromatic carbocycles. The Morgan fingerprint density at radius 1 is 1.21 bits per heavy atom. The van der Waals surface area contributed by atoms with Crippen LogP contribution in [0.4, 0.5) is 4.79 Å². The lowest BCUT2D eigenvalue weighted by Gasteiger charge is -2.46. The molecule has 2 aliphatic rings. The summed E-state index contributed by atoms with van der Waals surface area (Å²) in [6.07, 6.45) is 0.416. The molecule has 28 heavy (non-hydrogen) atoms. The monoisotopic (exact) mass is 388 g/mol. The first-order valence-electron chi connectivity index (χ1n) is 9.70. The van der Waals surface area contributed by atoms with E-state index in [1.54, 1.807) is 19.2 Å². The number of hydrogen-bond acceptors (Lipinski definition) is 6. The van der Waals surface area contributed by atoms with Crippen LogP contribution in [0.1, 0.15) is 12.0 Å². The quantitative estimate of drug-likeness (QED) is 0.672. The number of benzene rings is 1. The first-order valence-corrected chi connectivity index (χ1v) is 9.70. The summed E-state index contributed by atoms with van der Waals surface area (Å²) in [5, 5.41) is 17.8. The molecule has 2 atom stereocenters. The van der Waals surface area contributed by atoms with Gasteiger partial charge in [0.25, 0.3) is 0 Å². The summed E-state index contributed by atoms with van der Waals surface area (Å²) in [5.41, 5.74) is 0.635. The van der Waals surface area contributed by atoms with E-state index in [2.05, 4.69) is 15.9 Å². The Balaban J connectivity index is 1.35. The summed E-state index contributed by atoms with van der Waals surface area (Å²) in [6, 6.07) is 9.28. The van der Waals surface area contributed by atoms with Crippen LogP contribution in [0.25, 0.3) is 0 Å². The zero-order chi connectivity index (χ0) is 19.9. The summed E-state index contributed by atoms with van der Waals surface area (Å²) >= 11 is 0. The smallest absolute Gasteiger partial charge is 0.407 e. The fraction of sp³-hybridized carbons (Fsp3) is 0.600. The third-order valence-electron chi connectivity index (χ3n) is 5.18. The van der Waals surface area contributed by atoms with Crippen molar-refractivity contribution in [1.29, 1.82) is 5.26 Å². The van der Waals surface area contributed by atoms with Crippen LogP contribution >= 0.6 is 0 Å². The predicted octanol–water partition coefficient (Wildman–Crippen LogP) is 1.32. The Morgan fingerprint density at radius 3 is 2.39 bits per heavy atom. The van der Waals surface area contributed by atoms with Crippen molar-refractivity contribution < 1.29 is 19.4 Å². The van der Waals surface area contributed by atoms with Gasteiger partial charge in [0, 0.05) is 52.9 Å². The number of fused-ring (bicyclic) bond motifs is 2. The minimum absolute atomic E-state index is 0.182. The number of ether oxygens (including phenoxy) is 2. The van der Waals surface area contributed by atoms with Crippen LogP contribution < -0.4 is 4.74 Å². The fourth-order valence-corrected chi connectivity index (χ4v) is 3.72. The second kappa shape index (κ2) is 9.73. The van der Waals surface area contributed by atoms with Gasteiger partial charge < -0.3 is 19.5 Å². The molecule has 1 amide bonds. The highest BCUT2D eigenvalue weighted by Crippen LogP contribution is 2.19. The van der Waals surface area contributed by atoms with Gasteiger partial charge in [-0.05, 0) is 30.7 Å². The minimum Gasteiger partial charge on any atom is -0.494 e. The van der Waals surface area contributed by atoms with E-state index in [9.17, 15) is 4.79 Å². The summed E-state index contributed by atoms with van der Waals surface area (Å²) in [7, 11) is 1.60. The van der Waals surface area contributed by atoms with Gasteiger partial charge in [-0.3, -0.25) is 9.80 Å². The van der Waals surface area contributed by atoms with Crippen LogP contribution in [0.15, 0.2) is 24.3 Å². The van der Waals surface area contributed by atoms with Crippen LogP contribution in [0.5, 0.6) is 5.75 Å². The number of hydrogen-bond donors (Lipinski definition) is 1. The summed E-state index contributed by atoms with van der Waals surface area (Å²) in [4.78, 5) is 17.0. The molecule has 8 nitrogen and oxygen atoms in total. The van der Waals surface area contributed by atoms with Gasteiger partial charge in [0.1, 0.15) is 5.75 Å². The SMILES string of the molecule is CN(CCN1CC2CN(CCCOc3ccc(C#N)cc3)CC(C1)O2)C(=O)O. The predicted molar refractivity (Wildman–Crippen MR) is 103 cm³/mol. The van der Waals surface area contributed by atoms with E-state index < -0.39 is 6.09 Å². The van der Waals surface area contributed by atoms with Crippen LogP contribution in [0.3, 0.4) is 0 Å². The molecule has 8 heteroatoms. The lowest BCUT2D eigenvalue weighted by Crippen LogP contribution is -2.60. The molecule has 2 heterocycles. The van der Waals surface area contributed by atoms with Gasteiger partial charge in [-0.1, -0.05) is 0 Å². The van der Waals surface area contributed by atoms with E-state index in [4.69, 9.17) is 19.8 Å². The molecule has 0 aromatic heterocycles. The van der Waals surface area contributed by atoms with E-state index in [-0.39, 0.29) is 12.2 Å². The number of rotatable bonds is 8. The van der Waals surface area contributed by atoms with Crippen molar-refractivity contribution in [2.75, 3.05) is 59.5 Å². The molecule has 1 aromatic rings. The van der Waals surface area contributed by atoms with Crippen LogP contribution in [0.2, 0.25) is 0 Å². The van der Waals surface area contributed by atoms with E-state index in [1.807, 2.05) is 12.1 Å². The number of likely N-dealkylation sites (N-methyl/N-ethyl adjacent to an activating group) is 1. The van der Waals surface area contributed by atoms with E-state index >= 15 is 0 Å². The maximum atomic E-state index is 10.9. The number of amides is 1. The molecule has 0 spiro atoms. The highest BCUT2D eigenvalue weighted by atomic mass is 16.5. The Bertz CT molecular complexity index is 676. The minimum atomic E-state index is -0.886. The van der Waals surface area contributed by atoms with Crippen molar-refractivity contribution >= 4 is 6.09 Å². The Labute approximate surface area is 165 Å². The number of carbonyl (C=O) groups is 1. The van der Waals surface area contributed by atoms with Crippen LogP contribution in [-0.4, -0.2) is 97.6 Å². The zero-order valence-electron chi connectivity index (χ0n) is 16.3. The highest BCUT2D eigenvalue weighted by Gasteiger charge is 2.34. The fourth-order valence-electron chi connectivity index (χ4n) is 3.72. The average Bonchev–Trinajstić information content (AvgIpc) is 2.69. The number of nitrogens with zero attached hydrogens (tertiary/aromatic N) is 4. The maximum Gasteiger partial charge on any atom is 0.407 e. The molecule has 0 saturated carbocycles. The Kier molecular flexibility index (Phi) is 7.09. The molecular weight excluding hydrogens is 360 g/mol. The molecule has 152 valence electrons. The van der Waals surface area contributed by atoms with Gasteiger partial charge in [-0.25, -0.2) is 4.79 Å². The second-order valence-corrected chi connectivity index (χ2v) is 7.44. The molecule has 2 saturated heterocycles. The number of morpholine rings is 2. The molecule has 1 N–H and O–H groups in total. The lowest BCUT2D eigenvalue weighted by atomic mass is 10.1. The van der Waals surface area contributed by atoms with Gasteiger partial charge in [0.2, 0.25) is 0 Å². The first-order chi connectivity index (χ1) is 13.5. The summed E-state index contributed by atoms with van der Waals surface area (Å²) in [6.45, 7) is 6.38. The summed E-state index contributed by atoms with van der Waals surface area (Å²) in [5.74, 6) is 0.791. The van der Waals surface area contributed by atoms with E-state index in [0.29, 0.717) is 18.7 Å². The molecule has 3 rings (SSSR count). The molecule has 2 bridgehead atoms. The van der Waals surface area contributed by atoms with Crippen molar-refractivity contribution in [3.63, 3.8) is 0 Å². The molecular formula is C20H28N4O4. The van der Waals surface area contributed by atoms with Gasteiger partial charge in [-0.15, -0.1) is 0 Å². The van der Waals surface area contributed by atoms with Gasteiger partial charge >= 0.3 is 6.09 Å². The van der Waals surface area contributed by atoms with Crippen molar-refractivity contribution in [2.24, 2.45) is 0 Å². The van der Waals surface area contributed by atoms with Crippen LogP contribution in [0, 0.1) is 11.3 Å². The van der Waals surface area contributed by atoms with Crippen molar-refractivity contribution in [3.05, 3.63) is 29.8 Å². The number of nitriles is 1. The standard InChI is InChI=1S/C20H28N4O4/c1-22(20(25)26)8-9-24-14-18-12-23(13-19(15-24)28-18)7-2-10-27-17-5-3-16(11-21)4-6-17/h3-6,18-19H,2,7-10,12-15H2,1H3,(H,25,26). The zero-order valence-corrected chi connectivity index (χ0v) is 16.3. The lowest BCUT2D eigenvalue weighted by molar-refractivity contribution is -0.138. The Hall–Kier alpha value is -2.34. The van der Waals surface area contributed by atoms with Gasteiger partial charge in [-0.2, -0.15) is 5.26 Å². The third-order valence-corrected chi connectivity index (χ3v) is 5.18. The number of carboxylic acid groups (broad SMARTS) is 1. The highest BCUT2D eigenvalue weighted by molar-refractivity contribution is 5.64. The molecule has 2 fully saturated rings. The molecule has 0 aliphatic carbocycles. The van der Waals surface area contributed by atoms with E-state index in [0.717, 1.165) is 51.4 Å². The maximum absolute atomic E-state index is 10.9. The normalized spacial score (nSPS) is 22.4. The molecule has 2 unspecified atom stereocenters. The van der Waals surface area contributed by atoms with Crippen molar-refractivity contribution in [2.45, 2.75) is 18.6 Å². The van der Waals surface area contributed by atoms with Gasteiger partial charge in [0.15, 0.2) is 0 Å². The van der Waals surface area contributed by atoms with E-state index in [1.165, 1.54) is 4.90 Å².